The average Bonchev–Trinajstić information content (AvgIpc) is 2.27. The zero-order valence-electron chi connectivity index (χ0n) is 7.40. The molecule has 0 saturated heterocycles. The molecule has 1 aromatic heterocycles. The standard InChI is InChI=1S/C10H3ClN4/c11-6-1-2-7-8(3-6)15-10(5-13)9(4-12)14-7/h1-3H. The van der Waals surface area contributed by atoms with Crippen molar-refractivity contribution in [1.29, 1.82) is 10.5 Å². The highest BCUT2D eigenvalue weighted by Crippen LogP contribution is 2.17. The minimum Gasteiger partial charge on any atom is -0.232 e. The zero-order valence-corrected chi connectivity index (χ0v) is 8.15. The van der Waals surface area contributed by atoms with Crippen molar-refractivity contribution in [2.24, 2.45) is 0 Å². The summed E-state index contributed by atoms with van der Waals surface area (Å²) in [6.45, 7) is 0. The predicted octanol–water partition coefficient (Wildman–Crippen LogP) is 2.03. The summed E-state index contributed by atoms with van der Waals surface area (Å²) >= 11 is 5.77. The quantitative estimate of drug-likeness (QED) is 0.673. The van der Waals surface area contributed by atoms with Crippen molar-refractivity contribution in [2.45, 2.75) is 0 Å². The van der Waals surface area contributed by atoms with Crippen LogP contribution in [-0.4, -0.2) is 9.97 Å². The fraction of sp³-hybridized carbons (Fsp3) is 0. The van der Waals surface area contributed by atoms with Crippen LogP contribution in [0, 0.1) is 22.7 Å². The smallest absolute Gasteiger partial charge is 0.177 e. The van der Waals surface area contributed by atoms with E-state index < -0.39 is 0 Å². The number of hydrogen-bond donors (Lipinski definition) is 0. The summed E-state index contributed by atoms with van der Waals surface area (Å²) in [4.78, 5) is 8.00. The lowest BCUT2D eigenvalue weighted by molar-refractivity contribution is 1.20. The van der Waals surface area contributed by atoms with E-state index in [0.717, 1.165) is 0 Å². The molecule has 0 fully saturated rings. The van der Waals surface area contributed by atoms with Crippen LogP contribution in [0.3, 0.4) is 0 Å². The van der Waals surface area contributed by atoms with Crippen molar-refractivity contribution in [1.82, 2.24) is 9.97 Å². The van der Waals surface area contributed by atoms with Crippen molar-refractivity contribution in [3.05, 3.63) is 34.6 Å². The molecule has 1 heterocycles. The summed E-state index contributed by atoms with van der Waals surface area (Å²) in [6, 6.07) is 8.56. The molecule has 0 radical (unpaired) electrons. The van der Waals surface area contributed by atoms with Crippen LogP contribution in [0.25, 0.3) is 11.0 Å². The Bertz CT molecular complexity index is 622. The number of rotatable bonds is 0. The fourth-order valence-electron chi connectivity index (χ4n) is 1.18. The van der Waals surface area contributed by atoms with E-state index in [9.17, 15) is 0 Å². The Balaban J connectivity index is 2.84. The van der Waals surface area contributed by atoms with E-state index in [1.54, 1.807) is 18.2 Å². The van der Waals surface area contributed by atoms with Gasteiger partial charge < -0.3 is 0 Å². The highest BCUT2D eigenvalue weighted by atomic mass is 35.5. The molecular formula is C10H3ClN4. The highest BCUT2D eigenvalue weighted by Gasteiger charge is 2.07. The van der Waals surface area contributed by atoms with E-state index >= 15 is 0 Å². The molecule has 0 atom stereocenters. The summed E-state index contributed by atoms with van der Waals surface area (Å²) in [5.41, 5.74) is 1.12. The molecule has 2 aromatic rings. The van der Waals surface area contributed by atoms with E-state index in [4.69, 9.17) is 22.1 Å². The van der Waals surface area contributed by atoms with E-state index in [2.05, 4.69) is 9.97 Å². The van der Waals surface area contributed by atoms with Crippen molar-refractivity contribution < 1.29 is 0 Å². The van der Waals surface area contributed by atoms with E-state index in [0.29, 0.717) is 16.1 Å². The first kappa shape index (κ1) is 9.39. The third-order valence-electron chi connectivity index (χ3n) is 1.84. The Morgan fingerprint density at radius 3 is 2.20 bits per heavy atom. The molecule has 0 aliphatic carbocycles. The number of nitrogens with zero attached hydrogens (tertiary/aromatic N) is 4. The molecule has 0 bridgehead atoms. The summed E-state index contributed by atoms with van der Waals surface area (Å²) < 4.78 is 0. The molecule has 0 unspecified atom stereocenters. The second-order valence-electron chi connectivity index (χ2n) is 2.78. The lowest BCUT2D eigenvalue weighted by atomic mass is 10.2. The van der Waals surface area contributed by atoms with Crippen LogP contribution in [0.15, 0.2) is 18.2 Å². The normalized spacial score (nSPS) is 9.53. The van der Waals surface area contributed by atoms with Gasteiger partial charge in [-0.3, -0.25) is 0 Å². The number of aromatic nitrogens is 2. The Labute approximate surface area is 90.4 Å². The number of halogens is 1. The minimum absolute atomic E-state index is 0.0206. The van der Waals surface area contributed by atoms with Gasteiger partial charge in [-0.2, -0.15) is 10.5 Å². The summed E-state index contributed by atoms with van der Waals surface area (Å²) in [5.74, 6) is 0. The molecule has 5 heteroatoms. The lowest BCUT2D eigenvalue weighted by Crippen LogP contribution is -1.95. The second kappa shape index (κ2) is 3.53. The van der Waals surface area contributed by atoms with Gasteiger partial charge in [-0.15, -0.1) is 0 Å². The third kappa shape index (κ3) is 1.59. The Kier molecular flexibility index (Phi) is 2.21. The SMILES string of the molecule is N#Cc1nc2ccc(Cl)cc2nc1C#N. The van der Waals surface area contributed by atoms with Gasteiger partial charge in [-0.1, -0.05) is 11.6 Å². The minimum atomic E-state index is 0.0206. The second-order valence-corrected chi connectivity index (χ2v) is 3.21. The largest absolute Gasteiger partial charge is 0.232 e. The van der Waals surface area contributed by atoms with Crippen molar-refractivity contribution in [3.63, 3.8) is 0 Å². The van der Waals surface area contributed by atoms with Crippen LogP contribution in [0.5, 0.6) is 0 Å². The Morgan fingerprint density at radius 2 is 1.60 bits per heavy atom. The molecule has 1 aromatic carbocycles. The molecule has 15 heavy (non-hydrogen) atoms. The monoisotopic (exact) mass is 214 g/mol. The highest BCUT2D eigenvalue weighted by molar-refractivity contribution is 6.31. The summed E-state index contributed by atoms with van der Waals surface area (Å²) in [5, 5.41) is 18.0. The van der Waals surface area contributed by atoms with Crippen LogP contribution < -0.4 is 0 Å². The first-order valence-corrected chi connectivity index (χ1v) is 4.40. The molecule has 0 aliphatic rings. The van der Waals surface area contributed by atoms with Gasteiger partial charge in [0.15, 0.2) is 11.4 Å². The molecule has 2 rings (SSSR count). The maximum absolute atomic E-state index is 8.74. The van der Waals surface area contributed by atoms with Gasteiger partial charge >= 0.3 is 0 Å². The van der Waals surface area contributed by atoms with Crippen LogP contribution in [0.4, 0.5) is 0 Å². The van der Waals surface area contributed by atoms with Crippen LogP contribution >= 0.6 is 11.6 Å². The Hall–Kier alpha value is -2.17. The molecule has 70 valence electrons. The third-order valence-corrected chi connectivity index (χ3v) is 2.07. The van der Waals surface area contributed by atoms with Crippen LogP contribution in [0.1, 0.15) is 11.4 Å². The summed E-state index contributed by atoms with van der Waals surface area (Å²) in [7, 11) is 0. The zero-order chi connectivity index (χ0) is 10.8. The molecule has 0 N–H and O–H groups in total. The average molecular weight is 215 g/mol. The van der Waals surface area contributed by atoms with Crippen molar-refractivity contribution in [3.8, 4) is 12.1 Å². The maximum atomic E-state index is 8.74. The van der Waals surface area contributed by atoms with E-state index in [1.165, 1.54) is 0 Å². The summed E-state index contributed by atoms with van der Waals surface area (Å²) in [6.07, 6.45) is 0. The fourth-order valence-corrected chi connectivity index (χ4v) is 1.35. The number of hydrogen-bond acceptors (Lipinski definition) is 4. The molecule has 0 spiro atoms. The van der Waals surface area contributed by atoms with Gasteiger partial charge in [-0.25, -0.2) is 9.97 Å². The van der Waals surface area contributed by atoms with E-state index in [1.807, 2.05) is 12.1 Å². The Morgan fingerprint density at radius 1 is 1.00 bits per heavy atom. The van der Waals surface area contributed by atoms with Crippen molar-refractivity contribution >= 4 is 22.6 Å². The van der Waals surface area contributed by atoms with Gasteiger partial charge in [0, 0.05) is 5.02 Å². The number of benzene rings is 1. The molecule has 0 saturated carbocycles. The maximum Gasteiger partial charge on any atom is 0.177 e. The first-order chi connectivity index (χ1) is 7.24. The number of nitriles is 2. The lowest BCUT2D eigenvalue weighted by Gasteiger charge is -1.98. The van der Waals surface area contributed by atoms with Gasteiger partial charge in [0.2, 0.25) is 0 Å². The van der Waals surface area contributed by atoms with Crippen LogP contribution in [-0.2, 0) is 0 Å². The number of fused-ring (bicyclic) bond motifs is 1. The molecule has 4 nitrogen and oxygen atoms in total. The van der Waals surface area contributed by atoms with Crippen molar-refractivity contribution in [2.75, 3.05) is 0 Å². The van der Waals surface area contributed by atoms with E-state index in [-0.39, 0.29) is 11.4 Å². The van der Waals surface area contributed by atoms with Gasteiger partial charge in [0.1, 0.15) is 12.1 Å². The topological polar surface area (TPSA) is 73.4 Å². The molecule has 0 amide bonds. The van der Waals surface area contributed by atoms with Gasteiger partial charge in [0.25, 0.3) is 0 Å². The molecular weight excluding hydrogens is 212 g/mol. The van der Waals surface area contributed by atoms with Gasteiger partial charge in [-0.05, 0) is 18.2 Å². The van der Waals surface area contributed by atoms with Crippen LogP contribution in [0.2, 0.25) is 5.02 Å². The predicted molar refractivity (Wildman–Crippen MR) is 54.0 cm³/mol. The van der Waals surface area contributed by atoms with Gasteiger partial charge in [0.05, 0.1) is 11.0 Å². The molecule has 0 aliphatic heterocycles. The first-order valence-electron chi connectivity index (χ1n) is 4.02.